The average molecular weight is 297 g/mol. The van der Waals surface area contributed by atoms with Gasteiger partial charge in [-0.05, 0) is 25.5 Å². The summed E-state index contributed by atoms with van der Waals surface area (Å²) in [7, 11) is 1.62. The van der Waals surface area contributed by atoms with Crippen LogP contribution in [0.1, 0.15) is 37.4 Å². The molecule has 0 fully saturated rings. The molecule has 1 N–H and O–H groups in total. The predicted molar refractivity (Wildman–Crippen MR) is 86.5 cm³/mol. The molecule has 0 saturated carbocycles. The van der Waals surface area contributed by atoms with Gasteiger partial charge < -0.3 is 14.5 Å². The molecule has 1 atom stereocenters. The number of para-hydroxylation sites is 1. The fourth-order valence-corrected chi connectivity index (χ4v) is 1.87. The van der Waals surface area contributed by atoms with E-state index < -0.39 is 0 Å². The third-order valence-electron chi connectivity index (χ3n) is 3.28. The molecule has 5 heteroatoms. The van der Waals surface area contributed by atoms with E-state index >= 15 is 0 Å². The van der Waals surface area contributed by atoms with Gasteiger partial charge in [-0.2, -0.15) is 10.2 Å². The molecule has 2 rings (SSSR count). The molecule has 0 aliphatic rings. The summed E-state index contributed by atoms with van der Waals surface area (Å²) in [5.74, 6) is 1.56. The first kappa shape index (κ1) is 15.6. The number of hydrogen-bond acceptors (Lipinski definition) is 5. The van der Waals surface area contributed by atoms with Gasteiger partial charge in [0.25, 0.3) is 0 Å². The summed E-state index contributed by atoms with van der Waals surface area (Å²) in [4.78, 5) is 4.17. The third-order valence-corrected chi connectivity index (χ3v) is 3.28. The van der Waals surface area contributed by atoms with Crippen molar-refractivity contribution >= 4 is 18.0 Å². The number of nitriles is 1. The summed E-state index contributed by atoms with van der Waals surface area (Å²) in [5.41, 5.74) is 1.18. The smallest absolute Gasteiger partial charge is 0.232 e. The molecular formula is C17H19N3O2. The van der Waals surface area contributed by atoms with E-state index in [4.69, 9.17) is 14.4 Å². The lowest BCUT2D eigenvalue weighted by atomic mass is 10.2. The van der Waals surface area contributed by atoms with Crippen LogP contribution >= 0.6 is 0 Å². The standard InChI is InChI=1S/C17H19N3O2/c1-4-12(2)19-17-14(11-18)20-16(22-17)10-9-13-7-5-6-8-15(13)21-3/h5-10,12,19H,4H2,1-3H3/b10-9+. The Kier molecular flexibility index (Phi) is 5.21. The number of anilines is 1. The van der Waals surface area contributed by atoms with Crippen LogP contribution in [0.5, 0.6) is 5.75 Å². The maximum Gasteiger partial charge on any atom is 0.232 e. The number of aromatic nitrogens is 1. The molecule has 1 heterocycles. The van der Waals surface area contributed by atoms with Gasteiger partial charge in [0, 0.05) is 17.7 Å². The fourth-order valence-electron chi connectivity index (χ4n) is 1.87. The van der Waals surface area contributed by atoms with E-state index in [2.05, 4.69) is 17.2 Å². The Morgan fingerprint density at radius 2 is 2.18 bits per heavy atom. The number of hydrogen-bond donors (Lipinski definition) is 1. The van der Waals surface area contributed by atoms with Gasteiger partial charge in [-0.25, -0.2) is 0 Å². The van der Waals surface area contributed by atoms with Crippen molar-refractivity contribution in [2.45, 2.75) is 26.3 Å². The SMILES string of the molecule is CCC(C)Nc1oc(/C=C/c2ccccc2OC)nc1C#N. The number of nitrogens with one attached hydrogen (secondary N) is 1. The molecule has 0 spiro atoms. The van der Waals surface area contributed by atoms with Crippen LogP contribution in [0.2, 0.25) is 0 Å². The minimum atomic E-state index is 0.214. The number of benzene rings is 1. The van der Waals surface area contributed by atoms with Crippen molar-refractivity contribution < 1.29 is 9.15 Å². The molecule has 114 valence electrons. The maximum absolute atomic E-state index is 9.13. The Morgan fingerprint density at radius 3 is 2.86 bits per heavy atom. The van der Waals surface area contributed by atoms with Crippen LogP contribution in [0.4, 0.5) is 5.88 Å². The summed E-state index contributed by atoms with van der Waals surface area (Å²) in [6.45, 7) is 4.08. The molecule has 22 heavy (non-hydrogen) atoms. The zero-order chi connectivity index (χ0) is 15.9. The summed E-state index contributed by atoms with van der Waals surface area (Å²) in [6, 6.07) is 9.90. The van der Waals surface area contributed by atoms with Crippen molar-refractivity contribution in [3.05, 3.63) is 41.4 Å². The van der Waals surface area contributed by atoms with E-state index in [1.165, 1.54) is 0 Å². The van der Waals surface area contributed by atoms with Crippen LogP contribution in [-0.2, 0) is 0 Å². The zero-order valence-electron chi connectivity index (χ0n) is 13.0. The van der Waals surface area contributed by atoms with Gasteiger partial charge >= 0.3 is 0 Å². The highest BCUT2D eigenvalue weighted by molar-refractivity contribution is 5.70. The van der Waals surface area contributed by atoms with Gasteiger partial charge in [-0.1, -0.05) is 25.1 Å². The number of oxazole rings is 1. The summed E-state index contributed by atoms with van der Waals surface area (Å²) >= 11 is 0. The van der Waals surface area contributed by atoms with Gasteiger partial charge in [0.05, 0.1) is 7.11 Å². The first-order valence-corrected chi connectivity index (χ1v) is 7.16. The van der Waals surface area contributed by atoms with Crippen LogP contribution in [0, 0.1) is 11.3 Å². The minimum Gasteiger partial charge on any atom is -0.496 e. The highest BCUT2D eigenvalue weighted by atomic mass is 16.5. The van der Waals surface area contributed by atoms with Crippen LogP contribution in [0.15, 0.2) is 28.7 Å². The first-order valence-electron chi connectivity index (χ1n) is 7.16. The number of nitrogens with zero attached hydrogens (tertiary/aromatic N) is 2. The van der Waals surface area contributed by atoms with Crippen molar-refractivity contribution in [1.29, 1.82) is 5.26 Å². The number of rotatable bonds is 6. The van der Waals surface area contributed by atoms with E-state index in [-0.39, 0.29) is 11.7 Å². The topological polar surface area (TPSA) is 71.1 Å². The second kappa shape index (κ2) is 7.32. The van der Waals surface area contributed by atoms with Gasteiger partial charge in [0.2, 0.25) is 17.5 Å². The zero-order valence-corrected chi connectivity index (χ0v) is 13.0. The van der Waals surface area contributed by atoms with Crippen molar-refractivity contribution in [2.75, 3.05) is 12.4 Å². The Hall–Kier alpha value is -2.74. The first-order chi connectivity index (χ1) is 10.7. The van der Waals surface area contributed by atoms with Crippen LogP contribution in [0.3, 0.4) is 0 Å². The lowest BCUT2D eigenvalue weighted by molar-refractivity contribution is 0.414. The third kappa shape index (κ3) is 3.67. The normalized spacial score (nSPS) is 12.1. The van der Waals surface area contributed by atoms with E-state index in [1.54, 1.807) is 13.2 Å². The van der Waals surface area contributed by atoms with Crippen molar-refractivity contribution in [3.63, 3.8) is 0 Å². The van der Waals surface area contributed by atoms with E-state index in [0.29, 0.717) is 11.8 Å². The molecule has 0 saturated heterocycles. The molecule has 0 radical (unpaired) electrons. The number of ether oxygens (including phenoxy) is 1. The van der Waals surface area contributed by atoms with Crippen molar-refractivity contribution in [3.8, 4) is 11.8 Å². The monoisotopic (exact) mass is 297 g/mol. The van der Waals surface area contributed by atoms with E-state index in [9.17, 15) is 0 Å². The van der Waals surface area contributed by atoms with Gasteiger partial charge in [0.15, 0.2) is 0 Å². The highest BCUT2D eigenvalue weighted by Gasteiger charge is 2.13. The Morgan fingerprint density at radius 1 is 1.41 bits per heavy atom. The van der Waals surface area contributed by atoms with E-state index in [1.807, 2.05) is 43.3 Å². The predicted octanol–water partition coefficient (Wildman–Crippen LogP) is 3.94. The lowest BCUT2D eigenvalue weighted by Crippen LogP contribution is -2.13. The maximum atomic E-state index is 9.13. The second-order valence-electron chi connectivity index (χ2n) is 4.87. The summed E-state index contributed by atoms with van der Waals surface area (Å²) in [6.07, 6.45) is 4.50. The minimum absolute atomic E-state index is 0.214. The molecule has 0 bridgehead atoms. The second-order valence-corrected chi connectivity index (χ2v) is 4.87. The number of methoxy groups -OCH3 is 1. The van der Waals surface area contributed by atoms with Gasteiger partial charge in [-0.15, -0.1) is 0 Å². The van der Waals surface area contributed by atoms with Crippen LogP contribution in [-0.4, -0.2) is 18.1 Å². The summed E-state index contributed by atoms with van der Waals surface area (Å²) in [5, 5.41) is 12.3. The quantitative estimate of drug-likeness (QED) is 0.874. The van der Waals surface area contributed by atoms with Gasteiger partial charge in [0.1, 0.15) is 11.8 Å². The largest absolute Gasteiger partial charge is 0.496 e. The molecular weight excluding hydrogens is 278 g/mol. The van der Waals surface area contributed by atoms with Gasteiger partial charge in [-0.3, -0.25) is 0 Å². The highest BCUT2D eigenvalue weighted by Crippen LogP contribution is 2.22. The van der Waals surface area contributed by atoms with E-state index in [0.717, 1.165) is 17.7 Å². The lowest BCUT2D eigenvalue weighted by Gasteiger charge is -2.08. The molecule has 1 aromatic heterocycles. The molecule has 0 aliphatic carbocycles. The molecule has 0 aliphatic heterocycles. The Bertz CT molecular complexity index is 698. The van der Waals surface area contributed by atoms with Crippen molar-refractivity contribution in [1.82, 2.24) is 4.98 Å². The van der Waals surface area contributed by atoms with Crippen molar-refractivity contribution in [2.24, 2.45) is 0 Å². The molecule has 0 amide bonds. The Balaban J connectivity index is 2.23. The van der Waals surface area contributed by atoms with Crippen LogP contribution in [0.25, 0.3) is 12.2 Å². The average Bonchev–Trinajstić information content (AvgIpc) is 2.94. The molecule has 1 aromatic carbocycles. The van der Waals surface area contributed by atoms with Crippen LogP contribution < -0.4 is 10.1 Å². The molecule has 2 aromatic rings. The molecule has 5 nitrogen and oxygen atoms in total. The Labute approximate surface area is 130 Å². The fraction of sp³-hybridized carbons (Fsp3) is 0.294. The summed E-state index contributed by atoms with van der Waals surface area (Å²) < 4.78 is 10.9. The molecule has 1 unspecified atom stereocenters.